The van der Waals surface area contributed by atoms with Gasteiger partial charge in [-0.15, -0.1) is 0 Å². The van der Waals surface area contributed by atoms with E-state index in [0.717, 1.165) is 11.5 Å². The molecule has 2 atom stereocenters. The molecule has 0 spiro atoms. The molecule has 8 nitrogen and oxygen atoms in total. The lowest BCUT2D eigenvalue weighted by Gasteiger charge is -2.37. The van der Waals surface area contributed by atoms with Crippen LogP contribution in [0.3, 0.4) is 0 Å². The number of hydrogen-bond donors (Lipinski definition) is 2. The fraction of sp³-hybridized carbons (Fsp3) is 0.250. The monoisotopic (exact) mass is 447 g/mol. The van der Waals surface area contributed by atoms with Crippen LogP contribution in [0, 0.1) is 5.82 Å². The number of carboxylic acid groups (broad SMARTS) is 1. The van der Waals surface area contributed by atoms with E-state index in [1.54, 1.807) is 29.0 Å². The number of benzene rings is 1. The zero-order valence-corrected chi connectivity index (χ0v) is 18.1. The molecule has 3 aromatic heterocycles. The van der Waals surface area contributed by atoms with Crippen molar-refractivity contribution in [2.75, 3.05) is 18.0 Å². The van der Waals surface area contributed by atoms with Crippen LogP contribution in [0.5, 0.6) is 0 Å². The Labute approximate surface area is 188 Å². The van der Waals surface area contributed by atoms with E-state index in [0.29, 0.717) is 24.3 Å². The van der Waals surface area contributed by atoms with Gasteiger partial charge in [-0.2, -0.15) is 0 Å². The third-order valence-corrected chi connectivity index (χ3v) is 5.88. The van der Waals surface area contributed by atoms with Gasteiger partial charge in [0, 0.05) is 43.0 Å². The largest absolute Gasteiger partial charge is 0.477 e. The van der Waals surface area contributed by atoms with Crippen molar-refractivity contribution in [3.8, 4) is 5.69 Å². The Hall–Kier alpha value is -3.85. The smallest absolute Gasteiger partial charge is 0.341 e. The van der Waals surface area contributed by atoms with Crippen LogP contribution >= 0.6 is 0 Å². The molecule has 5 rings (SSSR count). The number of aromatic nitrogens is 3. The number of hydrogen-bond acceptors (Lipinski definition) is 6. The molecule has 1 aliphatic rings. The Morgan fingerprint density at radius 3 is 2.64 bits per heavy atom. The van der Waals surface area contributed by atoms with Crippen LogP contribution in [0.2, 0.25) is 0 Å². The topological polar surface area (TPSA) is 100 Å². The number of pyridine rings is 3. The number of carboxylic acids is 1. The van der Waals surface area contributed by atoms with Gasteiger partial charge < -0.3 is 15.3 Å². The van der Waals surface area contributed by atoms with Crippen LogP contribution in [-0.4, -0.2) is 50.8 Å². The van der Waals surface area contributed by atoms with E-state index in [1.807, 2.05) is 30.9 Å². The summed E-state index contributed by atoms with van der Waals surface area (Å²) in [5, 5.41) is 13.7. The van der Waals surface area contributed by atoms with Crippen molar-refractivity contribution in [2.45, 2.75) is 25.9 Å². The Kier molecular flexibility index (Phi) is 5.05. The van der Waals surface area contributed by atoms with E-state index in [-0.39, 0.29) is 28.9 Å². The van der Waals surface area contributed by atoms with Crippen molar-refractivity contribution in [1.29, 1.82) is 0 Å². The lowest BCUT2D eigenvalue weighted by Crippen LogP contribution is -2.54. The predicted octanol–water partition coefficient (Wildman–Crippen LogP) is 2.96. The maximum absolute atomic E-state index is 15.2. The Morgan fingerprint density at radius 1 is 1.15 bits per heavy atom. The zero-order valence-electron chi connectivity index (χ0n) is 18.1. The molecule has 4 aromatic rings. The number of nitrogens with one attached hydrogen (secondary N) is 1. The Bertz CT molecular complexity index is 1450. The van der Waals surface area contributed by atoms with Crippen molar-refractivity contribution in [2.24, 2.45) is 0 Å². The first kappa shape index (κ1) is 21.0. The first-order valence-corrected chi connectivity index (χ1v) is 10.7. The van der Waals surface area contributed by atoms with Crippen LogP contribution < -0.4 is 15.6 Å². The average Bonchev–Trinajstić information content (AvgIpc) is 2.78. The molecule has 0 aliphatic carbocycles. The molecule has 1 aliphatic heterocycles. The van der Waals surface area contributed by atoms with Gasteiger partial charge in [0.25, 0.3) is 0 Å². The van der Waals surface area contributed by atoms with E-state index < -0.39 is 22.8 Å². The van der Waals surface area contributed by atoms with Crippen LogP contribution in [0.25, 0.3) is 27.6 Å². The van der Waals surface area contributed by atoms with Crippen molar-refractivity contribution >= 4 is 33.7 Å². The van der Waals surface area contributed by atoms with Gasteiger partial charge >= 0.3 is 5.97 Å². The number of fused-ring (bicyclic) bond motifs is 2. The van der Waals surface area contributed by atoms with Gasteiger partial charge in [-0.1, -0.05) is 6.07 Å². The number of rotatable bonds is 3. The quantitative estimate of drug-likeness (QED) is 0.498. The highest BCUT2D eigenvalue weighted by Crippen LogP contribution is 2.27. The first-order valence-electron chi connectivity index (χ1n) is 10.7. The summed E-state index contributed by atoms with van der Waals surface area (Å²) in [7, 11) is 0. The molecule has 1 aromatic carbocycles. The molecule has 0 amide bonds. The average molecular weight is 447 g/mol. The fourth-order valence-electron chi connectivity index (χ4n) is 4.57. The standard InChI is InChI=1S/C24H22FN5O3/c1-13-10-29(11-14(2)27-13)23-18(25)9-16-21(31)17(24(32)33)12-30(22(16)28-23)20-7-3-6-19-15(20)5-4-8-26-19/h3-9,12-14,27H,10-11H2,1-2H3,(H,32,33)/t13-,14+. The minimum Gasteiger partial charge on any atom is -0.477 e. The van der Waals surface area contributed by atoms with E-state index in [1.165, 1.54) is 6.20 Å². The van der Waals surface area contributed by atoms with E-state index >= 15 is 4.39 Å². The number of piperazine rings is 1. The minimum atomic E-state index is -1.39. The van der Waals surface area contributed by atoms with Gasteiger partial charge in [-0.05, 0) is 44.2 Å². The fourth-order valence-corrected chi connectivity index (χ4v) is 4.57. The van der Waals surface area contributed by atoms with Crippen molar-refractivity contribution in [3.63, 3.8) is 0 Å². The van der Waals surface area contributed by atoms with Crippen LogP contribution in [0.4, 0.5) is 10.2 Å². The molecule has 9 heteroatoms. The lowest BCUT2D eigenvalue weighted by atomic mass is 10.1. The number of carbonyl (C=O) groups is 1. The highest BCUT2D eigenvalue weighted by molar-refractivity contribution is 5.95. The molecule has 0 bridgehead atoms. The van der Waals surface area contributed by atoms with Crippen LogP contribution in [0.1, 0.15) is 24.2 Å². The number of halogens is 1. The molecule has 1 saturated heterocycles. The van der Waals surface area contributed by atoms with E-state index in [9.17, 15) is 14.7 Å². The van der Waals surface area contributed by atoms with Gasteiger partial charge in [-0.25, -0.2) is 14.2 Å². The van der Waals surface area contributed by atoms with E-state index in [2.05, 4.69) is 15.3 Å². The molecular weight excluding hydrogens is 425 g/mol. The van der Waals surface area contributed by atoms with Gasteiger partial charge in [0.15, 0.2) is 17.3 Å². The predicted molar refractivity (Wildman–Crippen MR) is 124 cm³/mol. The molecule has 0 saturated carbocycles. The highest BCUT2D eigenvalue weighted by atomic mass is 19.1. The summed E-state index contributed by atoms with van der Waals surface area (Å²) in [6, 6.07) is 10.4. The summed E-state index contributed by atoms with van der Waals surface area (Å²) in [5.74, 6) is -1.91. The maximum atomic E-state index is 15.2. The second kappa shape index (κ2) is 7.93. The summed E-state index contributed by atoms with van der Waals surface area (Å²) in [5.41, 5.74) is 0.261. The number of nitrogens with zero attached hydrogens (tertiary/aromatic N) is 4. The molecule has 33 heavy (non-hydrogen) atoms. The van der Waals surface area contributed by atoms with Crippen LogP contribution in [-0.2, 0) is 0 Å². The van der Waals surface area contributed by atoms with Gasteiger partial charge in [-0.3, -0.25) is 14.3 Å². The summed E-state index contributed by atoms with van der Waals surface area (Å²) in [6.45, 7) is 5.13. The number of aromatic carboxylic acids is 1. The van der Waals surface area contributed by atoms with Crippen molar-refractivity contribution in [3.05, 3.63) is 70.4 Å². The molecule has 0 unspecified atom stereocenters. The zero-order chi connectivity index (χ0) is 23.3. The Balaban J connectivity index is 1.83. The molecule has 4 heterocycles. The summed E-state index contributed by atoms with van der Waals surface area (Å²) >= 11 is 0. The molecular formula is C24H22FN5O3. The van der Waals surface area contributed by atoms with Crippen molar-refractivity contribution in [1.82, 2.24) is 19.9 Å². The SMILES string of the molecule is C[C@@H]1CN(c2nc3c(cc2F)c(=O)c(C(=O)O)cn3-c2cccc3ncccc23)C[C@H](C)N1. The summed E-state index contributed by atoms with van der Waals surface area (Å²) in [6.07, 6.45) is 2.92. The molecule has 1 fully saturated rings. The third kappa shape index (κ3) is 3.60. The maximum Gasteiger partial charge on any atom is 0.341 e. The minimum absolute atomic E-state index is 0.0896. The van der Waals surface area contributed by atoms with Crippen LogP contribution in [0.15, 0.2) is 53.6 Å². The van der Waals surface area contributed by atoms with E-state index in [4.69, 9.17) is 0 Å². The highest BCUT2D eigenvalue weighted by Gasteiger charge is 2.26. The molecule has 2 N–H and O–H groups in total. The lowest BCUT2D eigenvalue weighted by molar-refractivity contribution is 0.0695. The summed E-state index contributed by atoms with van der Waals surface area (Å²) < 4.78 is 16.8. The van der Waals surface area contributed by atoms with Gasteiger partial charge in [0.2, 0.25) is 5.43 Å². The Morgan fingerprint density at radius 2 is 1.91 bits per heavy atom. The number of anilines is 1. The second-order valence-electron chi connectivity index (χ2n) is 8.43. The summed E-state index contributed by atoms with van der Waals surface area (Å²) in [4.78, 5) is 35.5. The normalized spacial score (nSPS) is 18.7. The first-order chi connectivity index (χ1) is 15.8. The second-order valence-corrected chi connectivity index (χ2v) is 8.43. The van der Waals surface area contributed by atoms with Crippen molar-refractivity contribution < 1.29 is 14.3 Å². The van der Waals surface area contributed by atoms with Gasteiger partial charge in [0.05, 0.1) is 16.6 Å². The molecule has 168 valence electrons. The molecule has 0 radical (unpaired) electrons. The third-order valence-electron chi connectivity index (χ3n) is 5.88. The van der Waals surface area contributed by atoms with Gasteiger partial charge in [0.1, 0.15) is 5.56 Å².